The number of carbonyl (C=O) groups excluding carboxylic acids is 1. The van der Waals surface area contributed by atoms with E-state index in [-0.39, 0.29) is 15.1 Å². The van der Waals surface area contributed by atoms with Gasteiger partial charge in [-0.2, -0.15) is 0 Å². The average Bonchev–Trinajstić information content (AvgIpc) is 3.23. The number of aliphatic hydroxyl groups excluding tert-OH is 1. The molecule has 2 amide bonds. The summed E-state index contributed by atoms with van der Waals surface area (Å²) < 4.78 is 23.3. The highest BCUT2D eigenvalue weighted by Gasteiger charge is 2.33. The summed E-state index contributed by atoms with van der Waals surface area (Å²) in [5.74, 6) is 0.846. The number of hydrogen-bond donors (Lipinski definition) is 5. The smallest absolute Gasteiger partial charge is 0.331 e. The minimum atomic E-state index is -3.69. The van der Waals surface area contributed by atoms with E-state index < -0.39 is 28.2 Å². The Balaban J connectivity index is 1.56. The van der Waals surface area contributed by atoms with Crippen molar-refractivity contribution in [3.05, 3.63) is 34.2 Å². The van der Waals surface area contributed by atoms with Gasteiger partial charge in [-0.1, -0.05) is 6.92 Å². The summed E-state index contributed by atoms with van der Waals surface area (Å²) in [5.41, 5.74) is 2.10. The maximum Gasteiger partial charge on any atom is 0.331 e. The zero-order valence-electron chi connectivity index (χ0n) is 17.5. The number of aromatic nitrogens is 2. The average molecular weight is 466 g/mol. The minimum absolute atomic E-state index is 0.00194. The van der Waals surface area contributed by atoms with E-state index in [2.05, 4.69) is 26.9 Å². The van der Waals surface area contributed by atoms with E-state index >= 15 is 0 Å². The van der Waals surface area contributed by atoms with Crippen LogP contribution in [0.4, 0.5) is 10.5 Å². The summed E-state index contributed by atoms with van der Waals surface area (Å²) in [6.07, 6.45) is 8.02. The number of urea groups is 1. The molecule has 9 nitrogen and oxygen atoms in total. The largest absolute Gasteiger partial charge is 0.393 e. The van der Waals surface area contributed by atoms with Crippen molar-refractivity contribution >= 4 is 33.0 Å². The maximum absolute atomic E-state index is 12.9. The van der Waals surface area contributed by atoms with Crippen LogP contribution in [-0.2, 0) is 28.4 Å². The van der Waals surface area contributed by atoms with Crippen LogP contribution in [0.2, 0.25) is 0 Å². The fourth-order valence-electron chi connectivity index (χ4n) is 3.90. The lowest BCUT2D eigenvalue weighted by Gasteiger charge is -2.20. The highest BCUT2D eigenvalue weighted by Crippen LogP contribution is 2.45. The summed E-state index contributed by atoms with van der Waals surface area (Å²) in [4.78, 5) is 21.3. The van der Waals surface area contributed by atoms with Crippen LogP contribution >= 0.6 is 11.3 Å². The predicted molar refractivity (Wildman–Crippen MR) is 117 cm³/mol. The van der Waals surface area contributed by atoms with Crippen LogP contribution in [0.25, 0.3) is 0 Å². The molecule has 2 aromatic rings. The van der Waals surface area contributed by atoms with E-state index in [9.17, 15) is 19.2 Å². The molecule has 3 atom stereocenters. The monoisotopic (exact) mass is 465 g/mol. The van der Waals surface area contributed by atoms with Crippen molar-refractivity contribution in [2.75, 3.05) is 11.9 Å². The molecule has 0 saturated heterocycles. The van der Waals surface area contributed by atoms with Crippen molar-refractivity contribution in [2.45, 2.75) is 61.7 Å². The van der Waals surface area contributed by atoms with E-state index in [4.69, 9.17) is 4.78 Å². The molecule has 4 rings (SSSR count). The number of amides is 2. The normalized spacial score (nSPS) is 20.4. The van der Waals surface area contributed by atoms with Crippen molar-refractivity contribution in [3.63, 3.8) is 0 Å². The topological polar surface area (TPSA) is 148 Å². The molecular weight excluding hydrogens is 438 g/mol. The molecule has 5 N–H and O–H groups in total. The summed E-state index contributed by atoms with van der Waals surface area (Å²) in [6.45, 7) is 2.94. The standard InChI is InChI=1S/C20H27N5O4S2/c1-11(12-6-7-12)14-8-22-15-5-3-4-13(15)17(14)24-19(27)25-31(21,29)16-9-23-18(30-16)20(2,28)10-26/h8-9,11-12,26,28H,3-7,10H2,1-2H3,(H3,21,22,24,25,27,29)/t11-,20-,31?/m0/s1. The first-order valence-electron chi connectivity index (χ1n) is 10.3. The van der Waals surface area contributed by atoms with Crippen LogP contribution in [0, 0.1) is 10.7 Å². The van der Waals surface area contributed by atoms with E-state index in [0.29, 0.717) is 5.92 Å². The molecule has 1 unspecified atom stereocenters. The number of aryl methyl sites for hydroxylation is 1. The van der Waals surface area contributed by atoms with Gasteiger partial charge in [0.05, 0.1) is 18.5 Å². The predicted octanol–water partition coefficient (Wildman–Crippen LogP) is 2.88. The minimum Gasteiger partial charge on any atom is -0.393 e. The highest BCUT2D eigenvalue weighted by atomic mass is 32.2. The number of hydrogen-bond acceptors (Lipinski definition) is 8. The van der Waals surface area contributed by atoms with Gasteiger partial charge < -0.3 is 15.5 Å². The van der Waals surface area contributed by atoms with Gasteiger partial charge in [-0.25, -0.2) is 23.5 Å². The molecule has 0 bridgehead atoms. The zero-order chi connectivity index (χ0) is 22.4. The van der Waals surface area contributed by atoms with Gasteiger partial charge in [-0.15, -0.1) is 11.3 Å². The number of nitrogens with one attached hydrogen (secondary N) is 3. The number of rotatable bonds is 7. The van der Waals surface area contributed by atoms with Gasteiger partial charge in [0.25, 0.3) is 0 Å². The molecule has 2 aromatic heterocycles. The number of nitrogens with zero attached hydrogens (tertiary/aromatic N) is 2. The Kier molecular flexibility index (Phi) is 5.80. The van der Waals surface area contributed by atoms with E-state index in [1.165, 1.54) is 13.1 Å². The Hall–Kier alpha value is -2.08. The van der Waals surface area contributed by atoms with Gasteiger partial charge in [0, 0.05) is 11.9 Å². The van der Waals surface area contributed by atoms with E-state index in [0.717, 1.165) is 65.9 Å². The molecule has 1 fully saturated rings. The van der Waals surface area contributed by atoms with Gasteiger partial charge in [-0.05, 0) is 62.0 Å². The van der Waals surface area contributed by atoms with Gasteiger partial charge in [-0.3, -0.25) is 4.98 Å². The molecule has 0 radical (unpaired) electrons. The Labute approximate surface area is 185 Å². The lowest BCUT2D eigenvalue weighted by atomic mass is 9.94. The first-order chi connectivity index (χ1) is 14.6. The fraction of sp³-hybridized carbons (Fsp3) is 0.550. The number of carbonyl (C=O) groups is 1. The van der Waals surface area contributed by atoms with Gasteiger partial charge >= 0.3 is 6.03 Å². The van der Waals surface area contributed by atoms with Gasteiger partial charge in [0.15, 0.2) is 9.92 Å². The van der Waals surface area contributed by atoms with E-state index in [1.807, 2.05) is 6.20 Å². The van der Waals surface area contributed by atoms with Crippen LogP contribution in [0.5, 0.6) is 0 Å². The Morgan fingerprint density at radius 2 is 2.13 bits per heavy atom. The molecule has 1 saturated carbocycles. The second kappa shape index (κ2) is 8.12. The molecule has 11 heteroatoms. The van der Waals surface area contributed by atoms with Crippen molar-refractivity contribution in [2.24, 2.45) is 5.92 Å². The number of pyridine rings is 1. The van der Waals surface area contributed by atoms with Gasteiger partial charge in [0.1, 0.15) is 14.8 Å². The second-order valence-corrected chi connectivity index (χ2v) is 11.6. The van der Waals surface area contributed by atoms with Crippen LogP contribution in [0.1, 0.15) is 60.9 Å². The van der Waals surface area contributed by atoms with Crippen molar-refractivity contribution in [1.82, 2.24) is 14.7 Å². The Morgan fingerprint density at radius 3 is 2.81 bits per heavy atom. The lowest BCUT2D eigenvalue weighted by Crippen LogP contribution is -2.34. The number of aliphatic hydroxyl groups is 2. The third kappa shape index (κ3) is 4.45. The van der Waals surface area contributed by atoms with Crippen LogP contribution in [0.15, 0.2) is 16.6 Å². The molecule has 2 aliphatic rings. The fourth-order valence-corrected chi connectivity index (χ4v) is 6.03. The number of thiazole rings is 1. The molecule has 168 valence electrons. The molecule has 0 aliphatic heterocycles. The third-order valence-electron chi connectivity index (χ3n) is 5.97. The first kappa shape index (κ1) is 22.1. The van der Waals surface area contributed by atoms with Crippen LogP contribution in [0.3, 0.4) is 0 Å². The molecule has 2 heterocycles. The van der Waals surface area contributed by atoms with Crippen molar-refractivity contribution in [3.8, 4) is 0 Å². The lowest BCUT2D eigenvalue weighted by molar-refractivity contribution is -0.00244. The highest BCUT2D eigenvalue weighted by molar-refractivity contribution is 7.93. The van der Waals surface area contributed by atoms with Gasteiger partial charge in [0.2, 0.25) is 0 Å². The zero-order valence-corrected chi connectivity index (χ0v) is 19.1. The SMILES string of the molecule is C[C@H](c1cnc2c(c1NC(=O)NS(=N)(=O)c1cnc([C@@](C)(O)CO)s1)CCC2)C1CC1. The van der Waals surface area contributed by atoms with Crippen molar-refractivity contribution < 1.29 is 19.2 Å². The first-order valence-corrected chi connectivity index (χ1v) is 12.7. The summed E-state index contributed by atoms with van der Waals surface area (Å²) in [5, 5.41) is 22.4. The quantitative estimate of drug-likeness (QED) is 0.425. The molecule has 0 spiro atoms. The molecular formula is C20H27N5O4S2. The van der Waals surface area contributed by atoms with Crippen molar-refractivity contribution in [1.29, 1.82) is 4.78 Å². The van der Waals surface area contributed by atoms with Crippen LogP contribution < -0.4 is 10.0 Å². The summed E-state index contributed by atoms with van der Waals surface area (Å²) in [6, 6.07) is -0.728. The van der Waals surface area contributed by atoms with Crippen LogP contribution in [-0.4, -0.2) is 37.0 Å². The van der Waals surface area contributed by atoms with E-state index in [1.54, 1.807) is 0 Å². The number of anilines is 1. The molecule has 2 aliphatic carbocycles. The third-order valence-corrected chi connectivity index (χ3v) is 9.11. The molecule has 0 aromatic carbocycles. The Morgan fingerprint density at radius 1 is 1.39 bits per heavy atom. The maximum atomic E-state index is 12.9. The second-order valence-electron chi connectivity index (χ2n) is 8.52. The summed E-state index contributed by atoms with van der Waals surface area (Å²) >= 11 is 0.823. The molecule has 31 heavy (non-hydrogen) atoms. The summed E-state index contributed by atoms with van der Waals surface area (Å²) in [7, 11) is -3.69. The Bertz CT molecular complexity index is 1110. The number of fused-ring (bicyclic) bond motifs is 1.